The number of primary amides is 1. The lowest BCUT2D eigenvalue weighted by atomic mass is 9.98. The highest BCUT2D eigenvalue weighted by Gasteiger charge is 2.30. The Morgan fingerprint density at radius 2 is 2.25 bits per heavy atom. The molecule has 2 rings (SSSR count). The summed E-state index contributed by atoms with van der Waals surface area (Å²) in [5.74, 6) is 0.798. The number of carbonyl (C=O) groups is 1. The zero-order chi connectivity index (χ0) is 11.7. The van der Waals surface area contributed by atoms with E-state index >= 15 is 0 Å². The molecule has 3 N–H and O–H groups in total. The van der Waals surface area contributed by atoms with Crippen molar-refractivity contribution in [3.8, 4) is 0 Å². The average Bonchev–Trinajstić information content (AvgIpc) is 2.95. The van der Waals surface area contributed by atoms with E-state index in [1.807, 2.05) is 0 Å². The van der Waals surface area contributed by atoms with Crippen LogP contribution in [-0.2, 0) is 11.2 Å². The molecule has 0 spiro atoms. The predicted octanol–water partition coefficient (Wildman–Crippen LogP) is 1.83. The first kappa shape index (κ1) is 11.2. The number of hydrogen-bond donors (Lipinski definition) is 2. The van der Waals surface area contributed by atoms with E-state index < -0.39 is 0 Å². The summed E-state index contributed by atoms with van der Waals surface area (Å²) >= 11 is 0. The Morgan fingerprint density at radius 3 is 2.75 bits per heavy atom. The highest BCUT2D eigenvalue weighted by Crippen LogP contribution is 2.42. The first-order valence-electron chi connectivity index (χ1n) is 5.95. The van der Waals surface area contributed by atoms with Crippen molar-refractivity contribution < 1.29 is 4.79 Å². The van der Waals surface area contributed by atoms with Gasteiger partial charge in [0.25, 0.3) is 0 Å². The molecule has 1 heterocycles. The van der Waals surface area contributed by atoms with E-state index in [1.165, 1.54) is 24.1 Å². The first-order valence-corrected chi connectivity index (χ1v) is 5.95. The van der Waals surface area contributed by atoms with Crippen LogP contribution in [0.1, 0.15) is 61.9 Å². The fourth-order valence-electron chi connectivity index (χ4n) is 2.09. The smallest absolute Gasteiger partial charge is 0.217 e. The summed E-state index contributed by atoms with van der Waals surface area (Å²) in [5.41, 5.74) is 8.78. The van der Waals surface area contributed by atoms with E-state index in [9.17, 15) is 4.79 Å². The lowest BCUT2D eigenvalue weighted by molar-refractivity contribution is -0.117. The molecule has 4 heteroatoms. The third-order valence-corrected chi connectivity index (χ3v) is 3.08. The van der Waals surface area contributed by atoms with E-state index in [0.29, 0.717) is 18.3 Å². The highest BCUT2D eigenvalue weighted by molar-refractivity contribution is 5.74. The molecule has 0 radical (unpaired) electrons. The summed E-state index contributed by atoms with van der Waals surface area (Å²) in [4.78, 5) is 10.9. The lowest BCUT2D eigenvalue weighted by Gasteiger charge is -2.06. The quantitative estimate of drug-likeness (QED) is 0.796. The van der Waals surface area contributed by atoms with Crippen molar-refractivity contribution in [2.75, 3.05) is 0 Å². The van der Waals surface area contributed by atoms with Gasteiger partial charge in [-0.15, -0.1) is 0 Å². The lowest BCUT2D eigenvalue weighted by Crippen LogP contribution is -2.12. The summed E-state index contributed by atoms with van der Waals surface area (Å²) in [6.07, 6.45) is 3.62. The maximum absolute atomic E-state index is 10.9. The van der Waals surface area contributed by atoms with E-state index in [1.54, 1.807) is 0 Å². The standard InChI is InChI=1S/C12H19N3O/c1-7(2)11-9(5-6-10(13)16)12(15-14-11)8-3-4-8/h7-8H,3-6H2,1-2H3,(H2,13,16)(H,14,15). The summed E-state index contributed by atoms with van der Waals surface area (Å²) in [7, 11) is 0. The van der Waals surface area contributed by atoms with Gasteiger partial charge in [-0.2, -0.15) is 5.10 Å². The molecule has 0 unspecified atom stereocenters. The molecule has 1 aromatic rings. The van der Waals surface area contributed by atoms with Gasteiger partial charge in [0.05, 0.1) is 5.69 Å². The Balaban J connectivity index is 2.22. The number of aromatic nitrogens is 2. The minimum atomic E-state index is -0.238. The molecular weight excluding hydrogens is 202 g/mol. The molecule has 88 valence electrons. The Morgan fingerprint density at radius 1 is 1.56 bits per heavy atom. The van der Waals surface area contributed by atoms with Gasteiger partial charge >= 0.3 is 0 Å². The Labute approximate surface area is 95.6 Å². The van der Waals surface area contributed by atoms with Crippen LogP contribution < -0.4 is 5.73 Å². The van der Waals surface area contributed by atoms with Crippen LogP contribution in [0.2, 0.25) is 0 Å². The normalized spacial score (nSPS) is 15.7. The van der Waals surface area contributed by atoms with Crippen molar-refractivity contribution >= 4 is 5.91 Å². The SMILES string of the molecule is CC(C)c1n[nH]c(C2CC2)c1CCC(N)=O. The van der Waals surface area contributed by atoms with Crippen LogP contribution in [0.4, 0.5) is 0 Å². The predicted molar refractivity (Wildman–Crippen MR) is 62.2 cm³/mol. The van der Waals surface area contributed by atoms with E-state index in [0.717, 1.165) is 12.1 Å². The fraction of sp³-hybridized carbons (Fsp3) is 0.667. The van der Waals surface area contributed by atoms with Gasteiger partial charge in [0.15, 0.2) is 0 Å². The number of H-pyrrole nitrogens is 1. The zero-order valence-corrected chi connectivity index (χ0v) is 9.92. The molecule has 0 aliphatic heterocycles. The van der Waals surface area contributed by atoms with Gasteiger partial charge in [0.2, 0.25) is 5.91 Å². The second kappa shape index (κ2) is 4.28. The van der Waals surface area contributed by atoms with Crippen molar-refractivity contribution in [3.05, 3.63) is 17.0 Å². The number of hydrogen-bond acceptors (Lipinski definition) is 2. The molecule has 1 aromatic heterocycles. The number of rotatable bonds is 5. The second-order valence-corrected chi connectivity index (χ2v) is 4.90. The summed E-state index contributed by atoms with van der Waals surface area (Å²) in [6, 6.07) is 0. The summed E-state index contributed by atoms with van der Waals surface area (Å²) in [6.45, 7) is 4.25. The van der Waals surface area contributed by atoms with Crippen molar-refractivity contribution in [1.29, 1.82) is 0 Å². The molecule has 1 fully saturated rings. The molecule has 0 aromatic carbocycles. The molecule has 1 aliphatic rings. The second-order valence-electron chi connectivity index (χ2n) is 4.90. The van der Waals surface area contributed by atoms with Gasteiger partial charge in [0.1, 0.15) is 0 Å². The van der Waals surface area contributed by atoms with Crippen LogP contribution in [0.3, 0.4) is 0 Å². The summed E-state index contributed by atoms with van der Waals surface area (Å²) < 4.78 is 0. The minimum Gasteiger partial charge on any atom is -0.370 e. The zero-order valence-electron chi connectivity index (χ0n) is 9.92. The average molecular weight is 221 g/mol. The largest absolute Gasteiger partial charge is 0.370 e. The number of aromatic amines is 1. The van der Waals surface area contributed by atoms with Crippen molar-refractivity contribution in [2.45, 2.75) is 51.4 Å². The van der Waals surface area contributed by atoms with Gasteiger partial charge < -0.3 is 5.73 Å². The van der Waals surface area contributed by atoms with Gasteiger partial charge in [-0.25, -0.2) is 0 Å². The van der Waals surface area contributed by atoms with E-state index in [2.05, 4.69) is 24.0 Å². The van der Waals surface area contributed by atoms with Crippen LogP contribution >= 0.6 is 0 Å². The Bertz CT molecular complexity index is 371. The number of nitrogens with zero attached hydrogens (tertiary/aromatic N) is 1. The molecule has 16 heavy (non-hydrogen) atoms. The van der Waals surface area contributed by atoms with Crippen molar-refractivity contribution in [2.24, 2.45) is 5.73 Å². The van der Waals surface area contributed by atoms with Crippen molar-refractivity contribution in [1.82, 2.24) is 10.2 Å². The third kappa shape index (κ3) is 2.26. The molecule has 0 saturated heterocycles. The highest BCUT2D eigenvalue weighted by atomic mass is 16.1. The van der Waals surface area contributed by atoms with Gasteiger partial charge in [-0.05, 0) is 30.7 Å². The van der Waals surface area contributed by atoms with Crippen LogP contribution in [0.15, 0.2) is 0 Å². The van der Waals surface area contributed by atoms with Crippen LogP contribution in [0.5, 0.6) is 0 Å². The topological polar surface area (TPSA) is 71.8 Å². The molecule has 4 nitrogen and oxygen atoms in total. The Hall–Kier alpha value is -1.32. The Kier molecular flexibility index (Phi) is 2.99. The number of amides is 1. The molecule has 0 atom stereocenters. The first-order chi connectivity index (χ1) is 7.59. The van der Waals surface area contributed by atoms with Crippen LogP contribution in [-0.4, -0.2) is 16.1 Å². The van der Waals surface area contributed by atoms with Crippen LogP contribution in [0.25, 0.3) is 0 Å². The van der Waals surface area contributed by atoms with Crippen molar-refractivity contribution in [3.63, 3.8) is 0 Å². The maximum Gasteiger partial charge on any atom is 0.217 e. The monoisotopic (exact) mass is 221 g/mol. The molecule has 1 saturated carbocycles. The van der Waals surface area contributed by atoms with Gasteiger partial charge in [0, 0.05) is 18.0 Å². The van der Waals surface area contributed by atoms with Gasteiger partial charge in [-0.1, -0.05) is 13.8 Å². The number of nitrogens with one attached hydrogen (secondary N) is 1. The number of carbonyl (C=O) groups excluding carboxylic acids is 1. The molecule has 0 bridgehead atoms. The van der Waals surface area contributed by atoms with Crippen LogP contribution in [0, 0.1) is 0 Å². The molecule has 1 amide bonds. The third-order valence-electron chi connectivity index (χ3n) is 3.08. The minimum absolute atomic E-state index is 0.238. The number of nitrogens with two attached hydrogens (primary N) is 1. The summed E-state index contributed by atoms with van der Waals surface area (Å²) in [5, 5.41) is 7.52. The molecular formula is C12H19N3O. The molecule has 1 aliphatic carbocycles. The van der Waals surface area contributed by atoms with Gasteiger partial charge in [-0.3, -0.25) is 9.89 Å². The fourth-order valence-corrected chi connectivity index (χ4v) is 2.09. The van der Waals surface area contributed by atoms with E-state index in [-0.39, 0.29) is 5.91 Å². The maximum atomic E-state index is 10.9. The van der Waals surface area contributed by atoms with E-state index in [4.69, 9.17) is 5.73 Å².